The lowest BCUT2D eigenvalue weighted by Gasteiger charge is -2.19. The molecule has 2 N–H and O–H groups in total. The second-order valence-electron chi connectivity index (χ2n) is 5.18. The SMILES string of the molecule is CNc1ncc(C(=O)N(C)CCC(C)O)c2ccccc12. The zero-order chi connectivity index (χ0) is 15.4. The maximum atomic E-state index is 12.6. The van der Waals surface area contributed by atoms with E-state index in [-0.39, 0.29) is 5.91 Å². The molecule has 21 heavy (non-hydrogen) atoms. The van der Waals surface area contributed by atoms with Crippen LogP contribution in [0.5, 0.6) is 0 Å². The van der Waals surface area contributed by atoms with E-state index in [4.69, 9.17) is 0 Å². The lowest BCUT2D eigenvalue weighted by atomic mass is 10.1. The summed E-state index contributed by atoms with van der Waals surface area (Å²) in [5, 5.41) is 14.2. The summed E-state index contributed by atoms with van der Waals surface area (Å²) in [5.41, 5.74) is 0.581. The summed E-state index contributed by atoms with van der Waals surface area (Å²) in [6.45, 7) is 2.23. The van der Waals surface area contributed by atoms with E-state index in [0.29, 0.717) is 18.5 Å². The van der Waals surface area contributed by atoms with Crippen LogP contribution < -0.4 is 5.32 Å². The highest BCUT2D eigenvalue weighted by Crippen LogP contribution is 2.24. The van der Waals surface area contributed by atoms with E-state index in [1.165, 1.54) is 0 Å². The van der Waals surface area contributed by atoms with Crippen molar-refractivity contribution in [1.29, 1.82) is 0 Å². The van der Waals surface area contributed by atoms with Gasteiger partial charge >= 0.3 is 0 Å². The number of aliphatic hydroxyl groups excluding tert-OH is 1. The van der Waals surface area contributed by atoms with Crippen LogP contribution in [0, 0.1) is 0 Å². The van der Waals surface area contributed by atoms with Crippen LogP contribution >= 0.6 is 0 Å². The van der Waals surface area contributed by atoms with Crippen molar-refractivity contribution in [1.82, 2.24) is 9.88 Å². The lowest BCUT2D eigenvalue weighted by Crippen LogP contribution is -2.29. The van der Waals surface area contributed by atoms with Gasteiger partial charge in [-0.2, -0.15) is 0 Å². The van der Waals surface area contributed by atoms with Gasteiger partial charge in [-0.3, -0.25) is 4.79 Å². The summed E-state index contributed by atoms with van der Waals surface area (Å²) in [4.78, 5) is 18.5. The Morgan fingerprint density at radius 2 is 2.05 bits per heavy atom. The molecule has 1 atom stereocenters. The molecular formula is C16H21N3O2. The summed E-state index contributed by atoms with van der Waals surface area (Å²) in [7, 11) is 3.55. The molecule has 0 saturated carbocycles. The molecule has 1 aromatic carbocycles. The topological polar surface area (TPSA) is 65.5 Å². The summed E-state index contributed by atoms with van der Waals surface area (Å²) in [6, 6.07) is 7.71. The van der Waals surface area contributed by atoms with Gasteiger partial charge in [0.15, 0.2) is 0 Å². The number of nitrogens with zero attached hydrogens (tertiary/aromatic N) is 2. The Balaban J connectivity index is 2.36. The van der Waals surface area contributed by atoms with E-state index in [2.05, 4.69) is 10.3 Å². The highest BCUT2D eigenvalue weighted by molar-refractivity contribution is 6.09. The number of fused-ring (bicyclic) bond motifs is 1. The molecular weight excluding hydrogens is 266 g/mol. The number of aliphatic hydroxyl groups is 1. The average Bonchev–Trinajstić information content (AvgIpc) is 2.50. The summed E-state index contributed by atoms with van der Waals surface area (Å²) in [6.07, 6.45) is 1.75. The third-order valence-corrected chi connectivity index (χ3v) is 3.49. The number of carbonyl (C=O) groups excluding carboxylic acids is 1. The maximum absolute atomic E-state index is 12.6. The highest BCUT2D eigenvalue weighted by Gasteiger charge is 2.17. The number of hydrogen-bond donors (Lipinski definition) is 2. The van der Waals surface area contributed by atoms with E-state index < -0.39 is 6.10 Å². The molecule has 1 heterocycles. The third-order valence-electron chi connectivity index (χ3n) is 3.49. The average molecular weight is 287 g/mol. The Bertz CT molecular complexity index is 640. The molecule has 2 rings (SSSR count). The number of amides is 1. The zero-order valence-electron chi connectivity index (χ0n) is 12.6. The molecule has 0 saturated heterocycles. The monoisotopic (exact) mass is 287 g/mol. The molecule has 0 aliphatic carbocycles. The second kappa shape index (κ2) is 6.54. The number of anilines is 1. The number of nitrogens with one attached hydrogen (secondary N) is 1. The third kappa shape index (κ3) is 3.31. The minimum atomic E-state index is -0.415. The summed E-state index contributed by atoms with van der Waals surface area (Å²) in [5.74, 6) is 0.677. The van der Waals surface area contributed by atoms with Crippen LogP contribution in [-0.2, 0) is 0 Å². The van der Waals surface area contributed by atoms with Gasteiger partial charge in [0.1, 0.15) is 5.82 Å². The fraction of sp³-hybridized carbons (Fsp3) is 0.375. The zero-order valence-corrected chi connectivity index (χ0v) is 12.6. The minimum absolute atomic E-state index is 0.0815. The van der Waals surface area contributed by atoms with E-state index in [9.17, 15) is 9.90 Å². The van der Waals surface area contributed by atoms with Gasteiger partial charge in [-0.25, -0.2) is 4.98 Å². The van der Waals surface area contributed by atoms with Gasteiger partial charge in [-0.05, 0) is 18.7 Å². The van der Waals surface area contributed by atoms with E-state index in [1.807, 2.05) is 31.3 Å². The van der Waals surface area contributed by atoms with E-state index in [1.54, 1.807) is 25.1 Å². The largest absolute Gasteiger partial charge is 0.393 e. The Hall–Kier alpha value is -2.14. The van der Waals surface area contributed by atoms with Gasteiger partial charge in [-0.1, -0.05) is 24.3 Å². The minimum Gasteiger partial charge on any atom is -0.393 e. The van der Waals surface area contributed by atoms with Gasteiger partial charge in [0.25, 0.3) is 5.91 Å². The van der Waals surface area contributed by atoms with Gasteiger partial charge < -0.3 is 15.3 Å². The predicted octanol–water partition coefficient (Wildman–Crippen LogP) is 2.12. The van der Waals surface area contributed by atoms with Crippen LogP contribution in [0.4, 0.5) is 5.82 Å². The highest BCUT2D eigenvalue weighted by atomic mass is 16.3. The smallest absolute Gasteiger partial charge is 0.255 e. The number of pyridine rings is 1. The number of rotatable bonds is 5. The first-order valence-electron chi connectivity index (χ1n) is 7.03. The van der Waals surface area contributed by atoms with Crippen molar-refractivity contribution in [3.05, 3.63) is 36.0 Å². The second-order valence-corrected chi connectivity index (χ2v) is 5.18. The molecule has 0 spiro atoms. The van der Waals surface area contributed by atoms with Crippen molar-refractivity contribution < 1.29 is 9.90 Å². The Labute approximate surface area is 124 Å². The van der Waals surface area contributed by atoms with Crippen LogP contribution in [0.25, 0.3) is 10.8 Å². The normalized spacial score (nSPS) is 12.2. The van der Waals surface area contributed by atoms with Crippen molar-refractivity contribution >= 4 is 22.5 Å². The van der Waals surface area contributed by atoms with Crippen LogP contribution in [-0.4, -0.2) is 47.6 Å². The Morgan fingerprint density at radius 3 is 2.67 bits per heavy atom. The molecule has 0 aliphatic heterocycles. The van der Waals surface area contributed by atoms with Crippen molar-refractivity contribution in [3.63, 3.8) is 0 Å². The van der Waals surface area contributed by atoms with E-state index in [0.717, 1.165) is 16.6 Å². The number of carbonyl (C=O) groups is 1. The molecule has 112 valence electrons. The van der Waals surface area contributed by atoms with Gasteiger partial charge in [0.05, 0.1) is 11.7 Å². The molecule has 5 nitrogen and oxygen atoms in total. The van der Waals surface area contributed by atoms with Crippen LogP contribution in [0.1, 0.15) is 23.7 Å². The number of benzene rings is 1. The quantitative estimate of drug-likeness (QED) is 0.884. The van der Waals surface area contributed by atoms with Crippen LogP contribution in [0.3, 0.4) is 0 Å². The number of hydrogen-bond acceptors (Lipinski definition) is 4. The van der Waals surface area contributed by atoms with Gasteiger partial charge in [-0.15, -0.1) is 0 Å². The summed E-state index contributed by atoms with van der Waals surface area (Å²) < 4.78 is 0. The first-order valence-corrected chi connectivity index (χ1v) is 7.03. The summed E-state index contributed by atoms with van der Waals surface area (Å²) >= 11 is 0. The molecule has 0 fully saturated rings. The Morgan fingerprint density at radius 1 is 1.38 bits per heavy atom. The molecule has 0 aliphatic rings. The molecule has 1 unspecified atom stereocenters. The van der Waals surface area contributed by atoms with Crippen molar-refractivity contribution in [2.75, 3.05) is 26.0 Å². The lowest BCUT2D eigenvalue weighted by molar-refractivity contribution is 0.0770. The molecule has 2 aromatic rings. The van der Waals surface area contributed by atoms with E-state index >= 15 is 0 Å². The fourth-order valence-electron chi connectivity index (χ4n) is 2.25. The standard InChI is InChI=1S/C16H21N3O2/c1-11(20)8-9-19(3)16(21)14-10-18-15(17-2)13-7-5-4-6-12(13)14/h4-7,10-11,20H,8-9H2,1-3H3,(H,17,18). The Kier molecular flexibility index (Phi) is 4.75. The van der Waals surface area contributed by atoms with Crippen LogP contribution in [0.2, 0.25) is 0 Å². The molecule has 0 bridgehead atoms. The van der Waals surface area contributed by atoms with Gasteiger partial charge in [0, 0.05) is 32.2 Å². The molecule has 0 radical (unpaired) electrons. The maximum Gasteiger partial charge on any atom is 0.255 e. The molecule has 1 amide bonds. The van der Waals surface area contributed by atoms with Crippen molar-refractivity contribution in [2.45, 2.75) is 19.4 Å². The fourth-order valence-corrected chi connectivity index (χ4v) is 2.25. The number of aromatic nitrogens is 1. The van der Waals surface area contributed by atoms with Crippen LogP contribution in [0.15, 0.2) is 30.5 Å². The molecule has 5 heteroatoms. The van der Waals surface area contributed by atoms with Crippen molar-refractivity contribution in [3.8, 4) is 0 Å². The van der Waals surface area contributed by atoms with Crippen molar-refractivity contribution in [2.24, 2.45) is 0 Å². The molecule has 1 aromatic heterocycles. The predicted molar refractivity (Wildman–Crippen MR) is 84.5 cm³/mol. The first kappa shape index (κ1) is 15.3. The van der Waals surface area contributed by atoms with Gasteiger partial charge in [0.2, 0.25) is 0 Å². The first-order chi connectivity index (χ1) is 10.0.